The van der Waals surface area contributed by atoms with Gasteiger partial charge in [0.25, 0.3) is 5.91 Å². The second-order valence-electron chi connectivity index (χ2n) is 6.40. The molecule has 9 heteroatoms. The third kappa shape index (κ3) is 6.70. The molecular formula is C20H19F4N3O2. The molecule has 2 aromatic rings. The zero-order valence-electron chi connectivity index (χ0n) is 15.5. The number of hydrogen-bond donors (Lipinski definition) is 2. The fourth-order valence-electron chi connectivity index (χ4n) is 2.33. The number of alkyl halides is 3. The molecule has 0 fully saturated rings. The van der Waals surface area contributed by atoms with Gasteiger partial charge in [-0.1, -0.05) is 19.6 Å². The molecule has 0 aliphatic carbocycles. The van der Waals surface area contributed by atoms with Crippen molar-refractivity contribution in [3.05, 3.63) is 71.9 Å². The summed E-state index contributed by atoms with van der Waals surface area (Å²) < 4.78 is 50.9. The molecule has 1 aromatic heterocycles. The van der Waals surface area contributed by atoms with Crippen LogP contribution in [0.2, 0.25) is 0 Å². The van der Waals surface area contributed by atoms with Crippen LogP contribution < -0.4 is 10.6 Å². The van der Waals surface area contributed by atoms with Crippen molar-refractivity contribution >= 4 is 17.5 Å². The molecule has 0 unspecified atom stereocenters. The molecular weight excluding hydrogens is 390 g/mol. The lowest BCUT2D eigenvalue weighted by molar-refractivity contribution is -0.141. The van der Waals surface area contributed by atoms with Gasteiger partial charge in [0.1, 0.15) is 17.2 Å². The number of nitrogens with zero attached hydrogens (tertiary/aromatic N) is 1. The number of nitrogens with one attached hydrogen (secondary N) is 2. The summed E-state index contributed by atoms with van der Waals surface area (Å²) in [5.41, 5.74) is -0.855. The Morgan fingerprint density at radius 3 is 2.41 bits per heavy atom. The lowest BCUT2D eigenvalue weighted by atomic mass is 10.0. The van der Waals surface area contributed by atoms with Gasteiger partial charge in [0.05, 0.1) is 0 Å². The highest BCUT2D eigenvalue weighted by atomic mass is 19.4. The number of allylic oxidation sites excluding steroid dienone is 1. The summed E-state index contributed by atoms with van der Waals surface area (Å²) >= 11 is 0. The monoisotopic (exact) mass is 409 g/mol. The van der Waals surface area contributed by atoms with Crippen LogP contribution in [0, 0.1) is 11.7 Å². The van der Waals surface area contributed by atoms with Crippen LogP contribution in [0.15, 0.2) is 54.7 Å². The molecule has 0 saturated heterocycles. The molecule has 2 N–H and O–H groups in total. The Morgan fingerprint density at radius 1 is 1.14 bits per heavy atom. The molecule has 0 aliphatic rings. The summed E-state index contributed by atoms with van der Waals surface area (Å²) in [4.78, 5) is 27.5. The zero-order valence-corrected chi connectivity index (χ0v) is 15.5. The first kappa shape index (κ1) is 22.1. The minimum absolute atomic E-state index is 0.239. The predicted octanol–water partition coefficient (Wildman–Crippen LogP) is 4.54. The average Bonchev–Trinajstić information content (AvgIpc) is 2.67. The van der Waals surface area contributed by atoms with Crippen molar-refractivity contribution in [2.24, 2.45) is 5.92 Å². The lowest BCUT2D eigenvalue weighted by Crippen LogP contribution is -2.25. The minimum atomic E-state index is -4.65. The summed E-state index contributed by atoms with van der Waals surface area (Å²) in [6, 6.07) is 8.33. The Bertz CT molecular complexity index is 895. The maximum Gasteiger partial charge on any atom is 0.433 e. The smallest absolute Gasteiger partial charge is 0.326 e. The molecule has 2 rings (SSSR count). The second-order valence-corrected chi connectivity index (χ2v) is 6.40. The summed E-state index contributed by atoms with van der Waals surface area (Å²) in [6.07, 6.45) is -4.08. The van der Waals surface area contributed by atoms with Crippen LogP contribution in [-0.2, 0) is 11.0 Å². The molecule has 2 amide bonds. The molecule has 154 valence electrons. The van der Waals surface area contributed by atoms with E-state index in [0.29, 0.717) is 12.1 Å². The van der Waals surface area contributed by atoms with Gasteiger partial charge in [0, 0.05) is 17.3 Å². The van der Waals surface area contributed by atoms with E-state index < -0.39 is 29.5 Å². The van der Waals surface area contributed by atoms with Gasteiger partial charge in [-0.2, -0.15) is 13.2 Å². The van der Waals surface area contributed by atoms with E-state index in [-0.39, 0.29) is 23.7 Å². The molecule has 29 heavy (non-hydrogen) atoms. The quantitative estimate of drug-likeness (QED) is 0.660. The standard InChI is InChI=1S/C20H19F4N3O2/c1-12(18(28)26-15-10-8-14(21)9-11-15)6-7-13(2)25-19(29)16-4-3-5-17(27-16)20(22,23)24/h3-5,8-12H,2,6-7H2,1H3,(H,25,29)(H,26,28)/t12-/m0/s1. The summed E-state index contributed by atoms with van der Waals surface area (Å²) in [5, 5.41) is 5.03. The first-order chi connectivity index (χ1) is 13.6. The molecule has 1 atom stereocenters. The van der Waals surface area contributed by atoms with Crippen molar-refractivity contribution in [3.63, 3.8) is 0 Å². The molecule has 0 radical (unpaired) electrons. The third-order valence-electron chi connectivity index (χ3n) is 4.00. The van der Waals surface area contributed by atoms with Gasteiger partial charge >= 0.3 is 6.18 Å². The molecule has 1 heterocycles. The number of rotatable bonds is 7. The van der Waals surface area contributed by atoms with Gasteiger partial charge in [-0.25, -0.2) is 9.37 Å². The Hall–Kier alpha value is -3.23. The fourth-order valence-corrected chi connectivity index (χ4v) is 2.33. The molecule has 5 nitrogen and oxygen atoms in total. The van der Waals surface area contributed by atoms with Crippen LogP contribution in [0.25, 0.3) is 0 Å². The van der Waals surface area contributed by atoms with Crippen molar-refractivity contribution in [1.29, 1.82) is 0 Å². The van der Waals surface area contributed by atoms with Gasteiger partial charge in [-0.05, 0) is 49.2 Å². The van der Waals surface area contributed by atoms with Crippen LogP contribution in [0.4, 0.5) is 23.2 Å². The zero-order chi connectivity index (χ0) is 21.6. The normalized spacial score (nSPS) is 12.2. The van der Waals surface area contributed by atoms with Crippen molar-refractivity contribution in [2.75, 3.05) is 5.32 Å². The van der Waals surface area contributed by atoms with Crippen LogP contribution in [0.5, 0.6) is 0 Å². The highest BCUT2D eigenvalue weighted by molar-refractivity contribution is 5.93. The Kier molecular flexibility index (Phi) is 7.08. The maximum absolute atomic E-state index is 12.9. The van der Waals surface area contributed by atoms with Crippen LogP contribution >= 0.6 is 0 Å². The van der Waals surface area contributed by atoms with Gasteiger partial charge in [0.15, 0.2) is 0 Å². The van der Waals surface area contributed by atoms with E-state index in [4.69, 9.17) is 0 Å². The summed E-state index contributed by atoms with van der Waals surface area (Å²) in [7, 11) is 0. The van der Waals surface area contributed by atoms with E-state index in [1.807, 2.05) is 0 Å². The summed E-state index contributed by atoms with van der Waals surface area (Å²) in [6.45, 7) is 5.33. The number of anilines is 1. The number of benzene rings is 1. The van der Waals surface area contributed by atoms with Crippen molar-refractivity contribution in [3.8, 4) is 0 Å². The second kappa shape index (κ2) is 9.31. The number of hydrogen-bond acceptors (Lipinski definition) is 3. The number of aromatic nitrogens is 1. The molecule has 0 spiro atoms. The number of halogens is 4. The Morgan fingerprint density at radius 2 is 1.79 bits per heavy atom. The highest BCUT2D eigenvalue weighted by Gasteiger charge is 2.32. The van der Waals surface area contributed by atoms with Gasteiger partial charge in [-0.3, -0.25) is 9.59 Å². The fraction of sp³-hybridized carbons (Fsp3) is 0.250. The number of carbonyl (C=O) groups excluding carboxylic acids is 2. The maximum atomic E-state index is 12.9. The number of pyridine rings is 1. The van der Waals surface area contributed by atoms with Gasteiger partial charge < -0.3 is 10.6 Å². The minimum Gasteiger partial charge on any atom is -0.326 e. The molecule has 0 saturated carbocycles. The topological polar surface area (TPSA) is 71.1 Å². The molecule has 1 aromatic carbocycles. The van der Waals surface area contributed by atoms with Gasteiger partial charge in [-0.15, -0.1) is 0 Å². The van der Waals surface area contributed by atoms with E-state index in [1.165, 1.54) is 24.3 Å². The van der Waals surface area contributed by atoms with Crippen molar-refractivity contribution in [1.82, 2.24) is 10.3 Å². The first-order valence-corrected chi connectivity index (χ1v) is 8.66. The van der Waals surface area contributed by atoms with Crippen LogP contribution in [-0.4, -0.2) is 16.8 Å². The van der Waals surface area contributed by atoms with E-state index in [0.717, 1.165) is 18.2 Å². The molecule has 0 bridgehead atoms. The SMILES string of the molecule is C=C(CC[C@H](C)C(=O)Nc1ccc(F)cc1)NC(=O)c1cccc(C(F)(F)F)n1. The summed E-state index contributed by atoms with van der Waals surface area (Å²) in [5.74, 6) is -1.97. The van der Waals surface area contributed by atoms with E-state index >= 15 is 0 Å². The number of amides is 2. The first-order valence-electron chi connectivity index (χ1n) is 8.66. The number of carbonyl (C=O) groups is 2. The predicted molar refractivity (Wildman–Crippen MR) is 99.3 cm³/mol. The molecule has 0 aliphatic heterocycles. The largest absolute Gasteiger partial charge is 0.433 e. The lowest BCUT2D eigenvalue weighted by Gasteiger charge is -2.14. The van der Waals surface area contributed by atoms with E-state index in [9.17, 15) is 27.2 Å². The van der Waals surface area contributed by atoms with Gasteiger partial charge in [0.2, 0.25) is 5.91 Å². The van der Waals surface area contributed by atoms with Crippen molar-refractivity contribution < 1.29 is 27.2 Å². The third-order valence-corrected chi connectivity index (χ3v) is 4.00. The Balaban J connectivity index is 1.85. The van der Waals surface area contributed by atoms with Crippen LogP contribution in [0.3, 0.4) is 0 Å². The highest BCUT2D eigenvalue weighted by Crippen LogP contribution is 2.27. The Labute approximate surface area is 164 Å². The van der Waals surface area contributed by atoms with Crippen LogP contribution in [0.1, 0.15) is 35.9 Å². The van der Waals surface area contributed by atoms with Crippen molar-refractivity contribution in [2.45, 2.75) is 25.9 Å². The van der Waals surface area contributed by atoms with E-state index in [1.54, 1.807) is 6.92 Å². The average molecular weight is 409 g/mol. The van der Waals surface area contributed by atoms with E-state index in [2.05, 4.69) is 22.2 Å².